The Kier molecular flexibility index (Phi) is 3.76. The van der Waals surface area contributed by atoms with E-state index in [9.17, 15) is 4.79 Å². The third-order valence-electron chi connectivity index (χ3n) is 6.30. The Morgan fingerprint density at radius 3 is 2.82 bits per heavy atom. The van der Waals surface area contributed by atoms with Gasteiger partial charge < -0.3 is 9.88 Å². The molecule has 3 aromatic rings. The summed E-state index contributed by atoms with van der Waals surface area (Å²) in [6, 6.07) is 12.6. The third kappa shape index (κ3) is 2.52. The summed E-state index contributed by atoms with van der Waals surface area (Å²) < 4.78 is 0. The molecule has 3 heterocycles. The SMILES string of the molecule is CN1CCC(C)(c2cccc(C3=CC=C(c4c[nH]c5ncccc45)C3)c2)C1=O. The molecule has 1 aliphatic carbocycles. The summed E-state index contributed by atoms with van der Waals surface area (Å²) in [7, 11) is 1.89. The van der Waals surface area contributed by atoms with Gasteiger partial charge in [-0.2, -0.15) is 0 Å². The molecule has 1 amide bonds. The van der Waals surface area contributed by atoms with Crippen LogP contribution in [0, 0.1) is 0 Å². The zero-order valence-electron chi connectivity index (χ0n) is 16.2. The number of pyridine rings is 1. The van der Waals surface area contributed by atoms with Gasteiger partial charge in [0.05, 0.1) is 5.41 Å². The van der Waals surface area contributed by atoms with Crippen molar-refractivity contribution in [3.05, 3.63) is 77.6 Å². The van der Waals surface area contributed by atoms with E-state index in [4.69, 9.17) is 0 Å². The van der Waals surface area contributed by atoms with Gasteiger partial charge in [0.2, 0.25) is 5.91 Å². The zero-order chi connectivity index (χ0) is 19.3. The molecule has 1 fully saturated rings. The molecule has 1 saturated heterocycles. The molecule has 2 aliphatic rings. The van der Waals surface area contributed by atoms with Gasteiger partial charge >= 0.3 is 0 Å². The molecule has 1 aliphatic heterocycles. The quantitative estimate of drug-likeness (QED) is 0.736. The Labute approximate surface area is 164 Å². The maximum Gasteiger partial charge on any atom is 0.232 e. The van der Waals surface area contributed by atoms with Crippen LogP contribution in [0.3, 0.4) is 0 Å². The maximum absolute atomic E-state index is 12.7. The number of likely N-dealkylation sites (tertiary alicyclic amines) is 1. The summed E-state index contributed by atoms with van der Waals surface area (Å²) in [5, 5.41) is 1.16. The van der Waals surface area contributed by atoms with Gasteiger partial charge in [0.25, 0.3) is 0 Å². The van der Waals surface area contributed by atoms with E-state index < -0.39 is 5.41 Å². The Hall–Kier alpha value is -3.14. The second kappa shape index (κ2) is 6.20. The number of fused-ring (bicyclic) bond motifs is 1. The van der Waals surface area contributed by atoms with E-state index in [-0.39, 0.29) is 5.91 Å². The highest BCUT2D eigenvalue weighted by Gasteiger charge is 2.42. The summed E-state index contributed by atoms with van der Waals surface area (Å²) in [4.78, 5) is 22.2. The topological polar surface area (TPSA) is 49.0 Å². The van der Waals surface area contributed by atoms with Crippen LogP contribution in [0.2, 0.25) is 0 Å². The van der Waals surface area contributed by atoms with Crippen molar-refractivity contribution >= 4 is 28.1 Å². The summed E-state index contributed by atoms with van der Waals surface area (Å²) >= 11 is 0. The van der Waals surface area contributed by atoms with Gasteiger partial charge in [-0.1, -0.05) is 36.4 Å². The fraction of sp³-hybridized carbons (Fsp3) is 0.250. The van der Waals surface area contributed by atoms with E-state index in [0.29, 0.717) is 0 Å². The van der Waals surface area contributed by atoms with Crippen molar-refractivity contribution < 1.29 is 4.79 Å². The molecule has 4 nitrogen and oxygen atoms in total. The van der Waals surface area contributed by atoms with Crippen LogP contribution in [0.4, 0.5) is 0 Å². The highest BCUT2D eigenvalue weighted by Crippen LogP contribution is 2.39. The average molecular weight is 369 g/mol. The number of allylic oxidation sites excluding steroid dienone is 4. The number of likely N-dealkylation sites (N-methyl/N-ethyl adjacent to an activating group) is 1. The van der Waals surface area contributed by atoms with E-state index in [0.717, 1.165) is 36.0 Å². The van der Waals surface area contributed by atoms with Crippen molar-refractivity contribution in [3.63, 3.8) is 0 Å². The lowest BCUT2D eigenvalue weighted by Gasteiger charge is -2.23. The highest BCUT2D eigenvalue weighted by molar-refractivity contribution is 5.96. The van der Waals surface area contributed by atoms with Crippen molar-refractivity contribution in [1.29, 1.82) is 0 Å². The molecular formula is C24H23N3O. The van der Waals surface area contributed by atoms with Gasteiger partial charge in [-0.3, -0.25) is 4.79 Å². The van der Waals surface area contributed by atoms with E-state index >= 15 is 0 Å². The highest BCUT2D eigenvalue weighted by atomic mass is 16.2. The number of benzene rings is 1. The first-order valence-corrected chi connectivity index (χ1v) is 9.75. The van der Waals surface area contributed by atoms with Crippen LogP contribution in [0.1, 0.15) is 36.5 Å². The van der Waals surface area contributed by atoms with E-state index in [1.807, 2.05) is 30.4 Å². The minimum Gasteiger partial charge on any atom is -0.346 e. The number of rotatable bonds is 3. The lowest BCUT2D eigenvalue weighted by atomic mass is 9.80. The Morgan fingerprint density at radius 2 is 2.00 bits per heavy atom. The van der Waals surface area contributed by atoms with Crippen molar-refractivity contribution in [2.24, 2.45) is 0 Å². The molecule has 0 saturated carbocycles. The monoisotopic (exact) mass is 369 g/mol. The number of hydrogen-bond acceptors (Lipinski definition) is 2. The fourth-order valence-corrected chi connectivity index (χ4v) is 4.48. The van der Waals surface area contributed by atoms with Crippen molar-refractivity contribution in [1.82, 2.24) is 14.9 Å². The molecule has 2 aromatic heterocycles. The van der Waals surface area contributed by atoms with Crippen LogP contribution in [0.25, 0.3) is 22.2 Å². The van der Waals surface area contributed by atoms with E-state index in [2.05, 4.69) is 59.4 Å². The minimum atomic E-state index is -0.414. The first-order chi connectivity index (χ1) is 13.6. The molecule has 0 bridgehead atoms. The molecular weight excluding hydrogens is 346 g/mol. The molecule has 1 atom stereocenters. The van der Waals surface area contributed by atoms with Gasteiger partial charge in [0.15, 0.2) is 0 Å². The summed E-state index contributed by atoms with van der Waals surface area (Å²) in [5.74, 6) is 0.218. The fourth-order valence-electron chi connectivity index (χ4n) is 4.48. The third-order valence-corrected chi connectivity index (χ3v) is 6.30. The van der Waals surface area contributed by atoms with E-state index in [1.165, 1.54) is 22.3 Å². The summed E-state index contributed by atoms with van der Waals surface area (Å²) in [6.07, 6.45) is 10.0. The molecule has 4 heteroatoms. The van der Waals surface area contributed by atoms with Gasteiger partial charge in [0.1, 0.15) is 5.65 Å². The van der Waals surface area contributed by atoms with Crippen molar-refractivity contribution in [2.75, 3.05) is 13.6 Å². The Morgan fingerprint density at radius 1 is 1.14 bits per heavy atom. The molecule has 0 radical (unpaired) electrons. The standard InChI is InChI=1S/C24H23N3O/c1-24(10-12-27(2)23(24)28)19-6-3-5-16(14-19)17-8-9-18(13-17)21-15-26-22-20(21)7-4-11-25-22/h3-9,11,14-15H,10,12-13H2,1-2H3,(H,25,26). The summed E-state index contributed by atoms with van der Waals surface area (Å²) in [5.41, 5.74) is 6.62. The van der Waals surface area contributed by atoms with Crippen LogP contribution in [0.15, 0.2) is 60.9 Å². The van der Waals surface area contributed by atoms with Gasteiger partial charge in [-0.05, 0) is 54.2 Å². The van der Waals surface area contributed by atoms with Crippen LogP contribution in [0.5, 0.6) is 0 Å². The largest absolute Gasteiger partial charge is 0.346 e. The molecule has 0 spiro atoms. The van der Waals surface area contributed by atoms with E-state index in [1.54, 1.807) is 0 Å². The van der Waals surface area contributed by atoms with Crippen molar-refractivity contribution in [2.45, 2.75) is 25.2 Å². The van der Waals surface area contributed by atoms with Gasteiger partial charge in [-0.25, -0.2) is 4.98 Å². The van der Waals surface area contributed by atoms with Crippen LogP contribution in [-0.4, -0.2) is 34.4 Å². The van der Waals surface area contributed by atoms with Crippen LogP contribution in [-0.2, 0) is 10.2 Å². The smallest absolute Gasteiger partial charge is 0.232 e. The normalized spacial score (nSPS) is 22.1. The zero-order valence-corrected chi connectivity index (χ0v) is 16.2. The first kappa shape index (κ1) is 17.0. The molecule has 5 rings (SSSR count). The number of H-pyrrole nitrogens is 1. The molecule has 140 valence electrons. The van der Waals surface area contributed by atoms with Gasteiger partial charge in [-0.15, -0.1) is 0 Å². The predicted molar refractivity (Wildman–Crippen MR) is 113 cm³/mol. The molecule has 1 N–H and O–H groups in total. The number of hydrogen-bond donors (Lipinski definition) is 1. The molecule has 1 aromatic carbocycles. The second-order valence-corrected chi connectivity index (χ2v) is 8.05. The van der Waals surface area contributed by atoms with Crippen molar-refractivity contribution in [3.8, 4) is 0 Å². The van der Waals surface area contributed by atoms with Crippen LogP contribution < -0.4 is 0 Å². The maximum atomic E-state index is 12.7. The number of aromatic nitrogens is 2. The Balaban J connectivity index is 1.43. The number of carbonyl (C=O) groups excluding carboxylic acids is 1. The summed E-state index contributed by atoms with van der Waals surface area (Å²) in [6.45, 7) is 2.89. The van der Waals surface area contributed by atoms with Gasteiger partial charge in [0, 0.05) is 36.9 Å². The molecule has 1 unspecified atom stereocenters. The lowest BCUT2D eigenvalue weighted by Crippen LogP contribution is -2.33. The number of nitrogens with zero attached hydrogens (tertiary/aromatic N) is 2. The van der Waals surface area contributed by atoms with Crippen LogP contribution >= 0.6 is 0 Å². The first-order valence-electron chi connectivity index (χ1n) is 9.75. The average Bonchev–Trinajstić information content (AvgIpc) is 3.43. The number of aromatic amines is 1. The Bertz CT molecular complexity index is 1150. The predicted octanol–water partition coefficient (Wildman–Crippen LogP) is 4.55. The number of amides is 1. The molecule has 28 heavy (non-hydrogen) atoms. The number of carbonyl (C=O) groups is 1. The second-order valence-electron chi connectivity index (χ2n) is 8.05. The lowest BCUT2D eigenvalue weighted by molar-refractivity contribution is -0.130. The number of nitrogens with one attached hydrogen (secondary N) is 1. The minimum absolute atomic E-state index is 0.218.